The summed E-state index contributed by atoms with van der Waals surface area (Å²) in [4.78, 5) is 2.58. The third-order valence-electron chi connectivity index (χ3n) is 3.98. The lowest BCUT2D eigenvalue weighted by Crippen LogP contribution is -2.38. The maximum Gasteiger partial charge on any atom is 0.101 e. The molecule has 108 valence electrons. The van der Waals surface area contributed by atoms with Crippen molar-refractivity contribution >= 4 is 17.3 Å². The third-order valence-corrected chi connectivity index (χ3v) is 4.29. The fourth-order valence-electron chi connectivity index (χ4n) is 2.72. The van der Waals surface area contributed by atoms with E-state index in [1.807, 2.05) is 12.1 Å². The molecule has 1 atom stereocenters. The fourth-order valence-corrected chi connectivity index (χ4v) is 2.94. The Kier molecular flexibility index (Phi) is 5.70. The van der Waals surface area contributed by atoms with Crippen molar-refractivity contribution in [3.8, 4) is 6.07 Å². The Balaban J connectivity index is 1.73. The zero-order chi connectivity index (χ0) is 14.4. The molecule has 0 bridgehead atoms. The molecule has 1 heterocycles. The minimum Gasteiger partial charge on any atom is -0.385 e. The lowest BCUT2D eigenvalue weighted by molar-refractivity contribution is 0.160. The van der Waals surface area contributed by atoms with Crippen LogP contribution in [0.25, 0.3) is 0 Å². The summed E-state index contributed by atoms with van der Waals surface area (Å²) in [7, 11) is 0. The van der Waals surface area contributed by atoms with Crippen LogP contribution in [-0.2, 0) is 0 Å². The largest absolute Gasteiger partial charge is 0.385 e. The van der Waals surface area contributed by atoms with Gasteiger partial charge in [-0.15, -0.1) is 0 Å². The van der Waals surface area contributed by atoms with Crippen LogP contribution < -0.4 is 5.32 Å². The number of nitrogens with one attached hydrogen (secondary N) is 1. The van der Waals surface area contributed by atoms with Crippen molar-refractivity contribution in [3.05, 3.63) is 28.8 Å². The van der Waals surface area contributed by atoms with Crippen molar-refractivity contribution in [2.75, 3.05) is 25.0 Å². The standard InChI is InChI=1S/C16H22ClN3/c1-13-5-2-3-9-20(13)10-4-8-19-15-7-6-14(12-18)16(17)11-15/h6-7,11,13,19H,2-5,8-10H2,1H3. The van der Waals surface area contributed by atoms with Crippen LogP contribution in [0, 0.1) is 11.3 Å². The first-order chi connectivity index (χ1) is 9.70. The van der Waals surface area contributed by atoms with Crippen molar-refractivity contribution in [3.63, 3.8) is 0 Å². The molecule has 20 heavy (non-hydrogen) atoms. The molecule has 0 aliphatic carbocycles. The Hall–Kier alpha value is -1.24. The lowest BCUT2D eigenvalue weighted by Gasteiger charge is -2.33. The number of hydrogen-bond acceptors (Lipinski definition) is 3. The van der Waals surface area contributed by atoms with E-state index in [9.17, 15) is 0 Å². The van der Waals surface area contributed by atoms with Crippen molar-refractivity contribution in [2.24, 2.45) is 0 Å². The molecule has 1 saturated heterocycles. The summed E-state index contributed by atoms with van der Waals surface area (Å²) in [6.07, 6.45) is 5.17. The first-order valence-electron chi connectivity index (χ1n) is 7.38. The van der Waals surface area contributed by atoms with Crippen LogP contribution in [0.4, 0.5) is 5.69 Å². The molecular weight excluding hydrogens is 270 g/mol. The van der Waals surface area contributed by atoms with Crippen LogP contribution in [0.15, 0.2) is 18.2 Å². The zero-order valence-electron chi connectivity index (χ0n) is 12.0. The summed E-state index contributed by atoms with van der Waals surface area (Å²) >= 11 is 6.01. The van der Waals surface area contributed by atoms with Gasteiger partial charge in [-0.1, -0.05) is 18.0 Å². The average Bonchev–Trinajstić information content (AvgIpc) is 2.45. The number of rotatable bonds is 5. The van der Waals surface area contributed by atoms with Gasteiger partial charge in [-0.05, 0) is 50.9 Å². The van der Waals surface area contributed by atoms with Gasteiger partial charge in [-0.2, -0.15) is 5.26 Å². The van der Waals surface area contributed by atoms with Gasteiger partial charge in [0.05, 0.1) is 10.6 Å². The maximum atomic E-state index is 8.83. The molecule has 1 unspecified atom stereocenters. The molecule has 1 aliphatic heterocycles. The van der Waals surface area contributed by atoms with Crippen molar-refractivity contribution in [2.45, 2.75) is 38.6 Å². The van der Waals surface area contributed by atoms with E-state index in [1.54, 1.807) is 6.07 Å². The van der Waals surface area contributed by atoms with Gasteiger partial charge in [0.1, 0.15) is 6.07 Å². The SMILES string of the molecule is CC1CCCCN1CCCNc1ccc(C#N)c(Cl)c1. The van der Waals surface area contributed by atoms with E-state index >= 15 is 0 Å². The number of hydrogen-bond donors (Lipinski definition) is 1. The van der Waals surface area contributed by atoms with E-state index in [2.05, 4.69) is 23.2 Å². The molecule has 1 aromatic carbocycles. The molecule has 1 aliphatic rings. The van der Waals surface area contributed by atoms with Crippen LogP contribution in [0.1, 0.15) is 38.2 Å². The van der Waals surface area contributed by atoms with Gasteiger partial charge in [-0.3, -0.25) is 0 Å². The molecule has 0 spiro atoms. The maximum absolute atomic E-state index is 8.83. The number of nitrogens with zero attached hydrogens (tertiary/aromatic N) is 2. The monoisotopic (exact) mass is 291 g/mol. The van der Waals surface area contributed by atoms with Gasteiger partial charge < -0.3 is 10.2 Å². The van der Waals surface area contributed by atoms with Gasteiger partial charge in [0.15, 0.2) is 0 Å². The number of anilines is 1. The highest BCUT2D eigenvalue weighted by atomic mass is 35.5. The molecule has 2 rings (SSSR count). The van der Waals surface area contributed by atoms with Crippen molar-refractivity contribution < 1.29 is 0 Å². The quantitative estimate of drug-likeness (QED) is 0.837. The summed E-state index contributed by atoms with van der Waals surface area (Å²) in [5.74, 6) is 0. The number of piperidine rings is 1. The number of halogens is 1. The predicted octanol–water partition coefficient (Wildman–Crippen LogP) is 3.89. The van der Waals surface area contributed by atoms with Gasteiger partial charge >= 0.3 is 0 Å². The second-order valence-corrected chi connectivity index (χ2v) is 5.87. The van der Waals surface area contributed by atoms with E-state index in [1.165, 1.54) is 25.8 Å². The second kappa shape index (κ2) is 7.52. The second-order valence-electron chi connectivity index (χ2n) is 5.47. The molecular formula is C16H22ClN3. The van der Waals surface area contributed by atoms with E-state index in [0.29, 0.717) is 10.6 Å². The highest BCUT2D eigenvalue weighted by Gasteiger charge is 2.16. The predicted molar refractivity (Wildman–Crippen MR) is 84.2 cm³/mol. The number of likely N-dealkylation sites (tertiary alicyclic amines) is 1. The summed E-state index contributed by atoms with van der Waals surface area (Å²) in [6.45, 7) is 5.65. The highest BCUT2D eigenvalue weighted by molar-refractivity contribution is 6.32. The van der Waals surface area contributed by atoms with Crippen molar-refractivity contribution in [1.82, 2.24) is 4.90 Å². The summed E-state index contributed by atoms with van der Waals surface area (Å²) < 4.78 is 0. The minimum atomic E-state index is 0.516. The molecule has 1 aromatic rings. The van der Waals surface area contributed by atoms with E-state index in [4.69, 9.17) is 16.9 Å². The van der Waals surface area contributed by atoms with Gasteiger partial charge in [-0.25, -0.2) is 0 Å². The Morgan fingerprint density at radius 1 is 1.45 bits per heavy atom. The number of benzene rings is 1. The molecule has 3 nitrogen and oxygen atoms in total. The summed E-state index contributed by atoms with van der Waals surface area (Å²) in [5.41, 5.74) is 1.51. The summed E-state index contributed by atoms with van der Waals surface area (Å²) in [5, 5.41) is 12.7. The Morgan fingerprint density at radius 2 is 2.30 bits per heavy atom. The topological polar surface area (TPSA) is 39.1 Å². The molecule has 0 aromatic heterocycles. The van der Waals surface area contributed by atoms with Crippen molar-refractivity contribution in [1.29, 1.82) is 5.26 Å². The Labute approximate surface area is 126 Å². The number of nitriles is 1. The van der Waals surface area contributed by atoms with Gasteiger partial charge in [0.25, 0.3) is 0 Å². The van der Waals surface area contributed by atoms with Gasteiger partial charge in [0, 0.05) is 24.8 Å². The molecule has 1 fully saturated rings. The van der Waals surface area contributed by atoms with Crippen LogP contribution in [0.2, 0.25) is 5.02 Å². The van der Waals surface area contributed by atoms with Crippen LogP contribution in [0.5, 0.6) is 0 Å². The van der Waals surface area contributed by atoms with E-state index in [-0.39, 0.29) is 0 Å². The first-order valence-corrected chi connectivity index (χ1v) is 7.76. The molecule has 4 heteroatoms. The van der Waals surface area contributed by atoms with Crippen LogP contribution in [-0.4, -0.2) is 30.6 Å². The smallest absolute Gasteiger partial charge is 0.101 e. The highest BCUT2D eigenvalue weighted by Crippen LogP contribution is 2.20. The molecule has 0 saturated carbocycles. The first kappa shape index (κ1) is 15.2. The molecule has 1 N–H and O–H groups in total. The summed E-state index contributed by atoms with van der Waals surface area (Å²) in [6, 6.07) is 8.30. The van der Waals surface area contributed by atoms with E-state index < -0.39 is 0 Å². The minimum absolute atomic E-state index is 0.516. The normalized spacial score (nSPS) is 19.6. The molecule has 0 radical (unpaired) electrons. The lowest BCUT2D eigenvalue weighted by atomic mass is 10.0. The van der Waals surface area contributed by atoms with Crippen LogP contribution >= 0.6 is 11.6 Å². The van der Waals surface area contributed by atoms with Gasteiger partial charge in [0.2, 0.25) is 0 Å². The zero-order valence-corrected chi connectivity index (χ0v) is 12.8. The Morgan fingerprint density at radius 3 is 3.00 bits per heavy atom. The van der Waals surface area contributed by atoms with E-state index in [0.717, 1.165) is 31.2 Å². The molecule has 0 amide bonds. The van der Waals surface area contributed by atoms with Crippen LogP contribution in [0.3, 0.4) is 0 Å². The third kappa shape index (κ3) is 4.13. The Bertz CT molecular complexity index is 481. The fraction of sp³-hybridized carbons (Fsp3) is 0.562. The average molecular weight is 292 g/mol.